The Morgan fingerprint density at radius 2 is 1.65 bits per heavy atom. The molecule has 1 aromatic rings. The fourth-order valence-electron chi connectivity index (χ4n) is 2.73. The summed E-state index contributed by atoms with van der Waals surface area (Å²) in [6, 6.07) is 6.68. The van der Waals surface area contributed by atoms with Crippen molar-refractivity contribution in [1.29, 1.82) is 0 Å². The van der Waals surface area contributed by atoms with Gasteiger partial charge in [-0.1, -0.05) is 12.1 Å². The van der Waals surface area contributed by atoms with E-state index in [0.717, 1.165) is 0 Å². The molecule has 0 unspecified atom stereocenters. The number of ketones is 1. The Morgan fingerprint density at radius 1 is 1.04 bits per heavy atom. The molecule has 1 aliphatic rings. The number of amides is 2. The van der Waals surface area contributed by atoms with Crippen LogP contribution in [0.4, 0.5) is 5.69 Å². The number of Topliss-reactive ketones (excluding diaryl/α,β-unsaturated/α-hetero) is 1. The van der Waals surface area contributed by atoms with Crippen LogP contribution in [0, 0.1) is 0 Å². The molecule has 2 amide bonds. The Morgan fingerprint density at radius 3 is 2.22 bits per heavy atom. The van der Waals surface area contributed by atoms with Gasteiger partial charge in [0.05, 0.1) is 11.7 Å². The van der Waals surface area contributed by atoms with Gasteiger partial charge >= 0.3 is 0 Å². The fourth-order valence-corrected chi connectivity index (χ4v) is 2.73. The zero-order valence-corrected chi connectivity index (χ0v) is 13.8. The number of para-hydroxylation sites is 1. The molecule has 6 heteroatoms. The second-order valence-electron chi connectivity index (χ2n) is 5.81. The number of anilines is 1. The molecule has 0 aliphatic carbocycles. The molecule has 23 heavy (non-hydrogen) atoms. The van der Waals surface area contributed by atoms with Crippen LogP contribution in [0.3, 0.4) is 0 Å². The van der Waals surface area contributed by atoms with Crippen molar-refractivity contribution in [3.05, 3.63) is 29.8 Å². The van der Waals surface area contributed by atoms with Gasteiger partial charge in [-0.3, -0.25) is 19.3 Å². The van der Waals surface area contributed by atoms with Crippen LogP contribution in [0.2, 0.25) is 0 Å². The van der Waals surface area contributed by atoms with Crippen molar-refractivity contribution in [1.82, 2.24) is 9.80 Å². The van der Waals surface area contributed by atoms with Crippen LogP contribution in [0.1, 0.15) is 31.1 Å². The molecule has 124 valence electrons. The van der Waals surface area contributed by atoms with Crippen LogP contribution in [-0.2, 0) is 9.59 Å². The number of nitrogens with one attached hydrogen (secondary N) is 1. The van der Waals surface area contributed by atoms with E-state index in [0.29, 0.717) is 37.4 Å². The number of piperazine rings is 1. The van der Waals surface area contributed by atoms with Gasteiger partial charge in [0.25, 0.3) is 0 Å². The van der Waals surface area contributed by atoms with Crippen LogP contribution in [-0.4, -0.2) is 59.6 Å². The summed E-state index contributed by atoms with van der Waals surface area (Å²) in [7, 11) is 0. The van der Waals surface area contributed by atoms with Crippen molar-refractivity contribution < 1.29 is 14.4 Å². The van der Waals surface area contributed by atoms with Crippen molar-refractivity contribution in [2.75, 3.05) is 31.5 Å². The summed E-state index contributed by atoms with van der Waals surface area (Å²) in [4.78, 5) is 39.3. The van der Waals surface area contributed by atoms with E-state index in [2.05, 4.69) is 5.32 Å². The van der Waals surface area contributed by atoms with E-state index in [-0.39, 0.29) is 23.6 Å². The molecule has 1 fully saturated rings. The molecule has 1 N–H and O–H groups in total. The highest BCUT2D eigenvalue weighted by Gasteiger charge is 2.26. The minimum Gasteiger partial charge on any atom is -0.340 e. The molecule has 0 saturated carbocycles. The maximum atomic E-state index is 12.5. The monoisotopic (exact) mass is 317 g/mol. The molecular weight excluding hydrogens is 294 g/mol. The van der Waals surface area contributed by atoms with E-state index in [1.807, 2.05) is 11.8 Å². The molecule has 1 aromatic carbocycles. The van der Waals surface area contributed by atoms with Gasteiger partial charge in [-0.2, -0.15) is 0 Å². The maximum Gasteiger partial charge on any atom is 0.241 e. The normalized spacial score (nSPS) is 16.7. The summed E-state index contributed by atoms with van der Waals surface area (Å²) in [6.45, 7) is 7.49. The van der Waals surface area contributed by atoms with E-state index in [9.17, 15) is 14.4 Å². The molecular formula is C17H23N3O3. The fraction of sp³-hybridized carbons (Fsp3) is 0.471. The summed E-state index contributed by atoms with van der Waals surface area (Å²) in [5.41, 5.74) is 1.05. The van der Waals surface area contributed by atoms with Gasteiger partial charge in [0.1, 0.15) is 0 Å². The van der Waals surface area contributed by atoms with Crippen molar-refractivity contribution in [3.8, 4) is 0 Å². The number of benzene rings is 1. The lowest BCUT2D eigenvalue weighted by Gasteiger charge is -2.37. The van der Waals surface area contributed by atoms with Gasteiger partial charge in [-0.05, 0) is 26.0 Å². The molecule has 1 heterocycles. The molecule has 0 radical (unpaired) electrons. The number of nitrogens with zero attached hydrogens (tertiary/aromatic N) is 2. The predicted molar refractivity (Wildman–Crippen MR) is 88.4 cm³/mol. The second-order valence-corrected chi connectivity index (χ2v) is 5.81. The van der Waals surface area contributed by atoms with E-state index in [1.165, 1.54) is 6.92 Å². The summed E-state index contributed by atoms with van der Waals surface area (Å²) >= 11 is 0. The van der Waals surface area contributed by atoms with Crippen molar-refractivity contribution in [2.45, 2.75) is 26.8 Å². The van der Waals surface area contributed by atoms with Crippen molar-refractivity contribution in [2.24, 2.45) is 0 Å². The van der Waals surface area contributed by atoms with Crippen LogP contribution in [0.15, 0.2) is 24.3 Å². The second kappa shape index (κ2) is 7.37. The van der Waals surface area contributed by atoms with E-state index in [4.69, 9.17) is 0 Å². The SMILES string of the molecule is CC(=O)c1ccccc1NC(=O)[C@@H](C)N1CCN(C(C)=O)CC1. The molecule has 0 aromatic heterocycles. The number of hydrogen-bond acceptors (Lipinski definition) is 4. The first kappa shape index (κ1) is 17.1. The molecule has 0 spiro atoms. The quantitative estimate of drug-likeness (QED) is 0.852. The lowest BCUT2D eigenvalue weighted by molar-refractivity contribution is -0.131. The van der Waals surface area contributed by atoms with Crippen LogP contribution in [0.25, 0.3) is 0 Å². The summed E-state index contributed by atoms with van der Waals surface area (Å²) in [5, 5.41) is 2.84. The number of carbonyl (C=O) groups is 3. The third-order valence-electron chi connectivity index (χ3n) is 4.25. The smallest absolute Gasteiger partial charge is 0.241 e. The highest BCUT2D eigenvalue weighted by atomic mass is 16.2. The minimum absolute atomic E-state index is 0.0668. The lowest BCUT2D eigenvalue weighted by Crippen LogP contribution is -2.53. The Hall–Kier alpha value is -2.21. The van der Waals surface area contributed by atoms with Crippen LogP contribution in [0.5, 0.6) is 0 Å². The first-order valence-corrected chi connectivity index (χ1v) is 7.80. The Kier molecular flexibility index (Phi) is 5.50. The Bertz CT molecular complexity index is 607. The van der Waals surface area contributed by atoms with Gasteiger partial charge in [0, 0.05) is 38.7 Å². The molecule has 0 bridgehead atoms. The summed E-state index contributed by atoms with van der Waals surface area (Å²) < 4.78 is 0. The van der Waals surface area contributed by atoms with Crippen LogP contribution < -0.4 is 5.32 Å². The molecule has 1 atom stereocenters. The third-order valence-corrected chi connectivity index (χ3v) is 4.25. The first-order valence-electron chi connectivity index (χ1n) is 7.80. The number of carbonyl (C=O) groups excluding carboxylic acids is 3. The first-order chi connectivity index (χ1) is 10.9. The van der Waals surface area contributed by atoms with Gasteiger partial charge in [-0.15, -0.1) is 0 Å². The minimum atomic E-state index is -0.316. The maximum absolute atomic E-state index is 12.5. The number of hydrogen-bond donors (Lipinski definition) is 1. The van der Waals surface area contributed by atoms with Gasteiger partial charge in [-0.25, -0.2) is 0 Å². The average molecular weight is 317 g/mol. The standard InChI is InChI=1S/C17H23N3O3/c1-12(19-8-10-20(11-9-19)14(3)22)17(23)18-16-7-5-4-6-15(16)13(2)21/h4-7,12H,8-11H2,1-3H3,(H,18,23)/t12-/m1/s1. The molecule has 2 rings (SSSR count). The highest BCUT2D eigenvalue weighted by molar-refractivity contribution is 6.04. The van der Waals surface area contributed by atoms with Crippen molar-refractivity contribution >= 4 is 23.3 Å². The lowest BCUT2D eigenvalue weighted by atomic mass is 10.1. The van der Waals surface area contributed by atoms with Crippen LogP contribution >= 0.6 is 0 Å². The molecule has 1 saturated heterocycles. The average Bonchev–Trinajstić information content (AvgIpc) is 2.54. The van der Waals surface area contributed by atoms with Crippen molar-refractivity contribution in [3.63, 3.8) is 0 Å². The van der Waals surface area contributed by atoms with E-state index < -0.39 is 0 Å². The summed E-state index contributed by atoms with van der Waals surface area (Å²) in [6.07, 6.45) is 0. The zero-order valence-electron chi connectivity index (χ0n) is 13.8. The van der Waals surface area contributed by atoms with Gasteiger partial charge < -0.3 is 10.2 Å². The van der Waals surface area contributed by atoms with Gasteiger partial charge in [0.15, 0.2) is 5.78 Å². The van der Waals surface area contributed by atoms with E-state index >= 15 is 0 Å². The Labute approximate surface area is 136 Å². The van der Waals surface area contributed by atoms with E-state index in [1.54, 1.807) is 36.1 Å². The Balaban J connectivity index is 1.99. The predicted octanol–water partition coefficient (Wildman–Crippen LogP) is 1.38. The third kappa shape index (κ3) is 4.16. The summed E-state index contributed by atoms with van der Waals surface area (Å²) in [5.74, 6) is -0.157. The molecule has 6 nitrogen and oxygen atoms in total. The zero-order chi connectivity index (χ0) is 17.0. The van der Waals surface area contributed by atoms with Gasteiger partial charge in [0.2, 0.25) is 11.8 Å². The number of rotatable bonds is 4. The topological polar surface area (TPSA) is 69.7 Å². The highest BCUT2D eigenvalue weighted by Crippen LogP contribution is 2.17. The molecule has 1 aliphatic heterocycles. The largest absolute Gasteiger partial charge is 0.340 e.